The maximum atomic E-state index is 14.0. The van der Waals surface area contributed by atoms with Crippen molar-refractivity contribution in [1.82, 2.24) is 21.3 Å². The number of hydrogen-bond acceptors (Lipinski definition) is 6. The van der Waals surface area contributed by atoms with Crippen molar-refractivity contribution in [3.05, 3.63) is 0 Å². The molecular weight excluding hydrogens is 560 g/mol. The van der Waals surface area contributed by atoms with Crippen LogP contribution in [0.4, 0.5) is 4.79 Å². The Morgan fingerprint density at radius 2 is 1.43 bits per heavy atom. The summed E-state index contributed by atoms with van der Waals surface area (Å²) >= 11 is 0. The average Bonchev–Trinajstić information content (AvgIpc) is 3.86. The molecule has 4 bridgehead atoms. The monoisotopic (exact) mass is 616 g/mol. The summed E-state index contributed by atoms with van der Waals surface area (Å²) in [7, 11) is 1.29. The number of hydrogen-bond donors (Lipinski definition) is 4. The Kier molecular flexibility index (Phi) is 12.2. The van der Waals surface area contributed by atoms with Gasteiger partial charge >= 0.3 is 6.09 Å². The molecule has 0 aromatic carbocycles. The van der Waals surface area contributed by atoms with E-state index in [9.17, 15) is 19.2 Å². The lowest BCUT2D eigenvalue weighted by molar-refractivity contribution is -0.133. The Labute approximate surface area is 263 Å². The van der Waals surface area contributed by atoms with Gasteiger partial charge < -0.3 is 30.7 Å². The van der Waals surface area contributed by atoms with Gasteiger partial charge in [0.05, 0.1) is 19.3 Å². The molecule has 7 atom stereocenters. The predicted molar refractivity (Wildman–Crippen MR) is 167 cm³/mol. The van der Waals surface area contributed by atoms with Crippen LogP contribution >= 0.6 is 0 Å². The molecular formula is C34H56N4O6. The minimum Gasteiger partial charge on any atom is -0.453 e. The maximum Gasteiger partial charge on any atom is 0.407 e. The lowest BCUT2D eigenvalue weighted by atomic mass is 9.81. The fourth-order valence-electron chi connectivity index (χ4n) is 8.14. The van der Waals surface area contributed by atoms with E-state index in [0.29, 0.717) is 43.6 Å². The van der Waals surface area contributed by atoms with E-state index < -0.39 is 24.2 Å². The van der Waals surface area contributed by atoms with Gasteiger partial charge in [-0.05, 0) is 87.9 Å². The van der Waals surface area contributed by atoms with Gasteiger partial charge in [-0.15, -0.1) is 0 Å². The molecule has 0 aromatic heterocycles. The van der Waals surface area contributed by atoms with Gasteiger partial charge in [0.1, 0.15) is 18.1 Å². The van der Waals surface area contributed by atoms with Gasteiger partial charge in [0.2, 0.25) is 17.7 Å². The first-order valence-corrected chi connectivity index (χ1v) is 17.7. The van der Waals surface area contributed by atoms with E-state index in [2.05, 4.69) is 21.3 Å². The summed E-state index contributed by atoms with van der Waals surface area (Å²) in [5.41, 5.74) is 0. The zero-order valence-corrected chi connectivity index (χ0v) is 26.8. The van der Waals surface area contributed by atoms with Crippen LogP contribution in [0.5, 0.6) is 0 Å². The average molecular weight is 617 g/mol. The molecule has 0 radical (unpaired) electrons. The number of rotatable bonds is 7. The van der Waals surface area contributed by atoms with E-state index in [4.69, 9.17) is 9.47 Å². The van der Waals surface area contributed by atoms with Crippen molar-refractivity contribution in [3.8, 4) is 0 Å². The summed E-state index contributed by atoms with van der Waals surface area (Å²) in [5, 5.41) is 12.0. The third-order valence-corrected chi connectivity index (χ3v) is 10.9. The lowest BCUT2D eigenvalue weighted by Gasteiger charge is -2.37. The van der Waals surface area contributed by atoms with Gasteiger partial charge in [-0.3, -0.25) is 14.4 Å². The number of carbonyl (C=O) groups excluding carboxylic acids is 4. The minimum absolute atomic E-state index is 0.132. The maximum absolute atomic E-state index is 14.0. The third-order valence-electron chi connectivity index (χ3n) is 10.9. The van der Waals surface area contributed by atoms with E-state index >= 15 is 0 Å². The Balaban J connectivity index is 1.37. The topological polar surface area (TPSA) is 135 Å². The second kappa shape index (κ2) is 16.3. The lowest BCUT2D eigenvalue weighted by Crippen LogP contribution is -2.57. The first kappa shape index (κ1) is 33.0. The van der Waals surface area contributed by atoms with Gasteiger partial charge in [-0.2, -0.15) is 0 Å². The van der Waals surface area contributed by atoms with Gasteiger partial charge in [0.25, 0.3) is 0 Å². The summed E-state index contributed by atoms with van der Waals surface area (Å²) in [6, 6.07) is -2.25. The smallest absolute Gasteiger partial charge is 0.407 e. The quantitative estimate of drug-likeness (QED) is 0.333. The summed E-state index contributed by atoms with van der Waals surface area (Å²) in [6.07, 6.45) is 18.1. The van der Waals surface area contributed by atoms with Crippen molar-refractivity contribution in [3.63, 3.8) is 0 Å². The summed E-state index contributed by atoms with van der Waals surface area (Å²) in [5.74, 6) is 0.771. The zero-order valence-electron chi connectivity index (χ0n) is 26.8. The SMILES string of the molecule is COC(=O)N[C@H]1CC2CCCC(C2)OC2CCCC(C2)C[C@@H](C(=O)NCC2CC2)NC(=O)[C@H](CCC2CCCCC2)NC1=O. The fourth-order valence-corrected chi connectivity index (χ4v) is 8.14. The predicted octanol–water partition coefficient (Wildman–Crippen LogP) is 4.50. The van der Waals surface area contributed by atoms with Crippen LogP contribution in [0.15, 0.2) is 0 Å². The molecule has 0 spiro atoms. The van der Waals surface area contributed by atoms with Crippen molar-refractivity contribution in [1.29, 1.82) is 0 Å². The third kappa shape index (κ3) is 10.1. The summed E-state index contributed by atoms with van der Waals surface area (Å²) in [4.78, 5) is 53.6. The highest BCUT2D eigenvalue weighted by atomic mass is 16.5. The van der Waals surface area contributed by atoms with Gasteiger partial charge in [0.15, 0.2) is 0 Å². The van der Waals surface area contributed by atoms with E-state index in [1.54, 1.807) is 0 Å². The second-order valence-corrected chi connectivity index (χ2v) is 14.5. The van der Waals surface area contributed by atoms with E-state index in [1.165, 1.54) is 26.4 Å². The molecule has 10 heteroatoms. The molecule has 4 saturated carbocycles. The molecule has 4 amide bonds. The molecule has 5 rings (SSSR count). The Bertz CT molecular complexity index is 983. The van der Waals surface area contributed by atoms with Crippen molar-refractivity contribution in [2.75, 3.05) is 13.7 Å². The van der Waals surface area contributed by atoms with Crippen LogP contribution in [-0.4, -0.2) is 67.8 Å². The Morgan fingerprint density at radius 3 is 2.09 bits per heavy atom. The van der Waals surface area contributed by atoms with Crippen LogP contribution in [-0.2, 0) is 23.9 Å². The molecule has 1 heterocycles. The number of alkyl carbamates (subject to hydrolysis) is 1. The first-order chi connectivity index (χ1) is 21.4. The van der Waals surface area contributed by atoms with Crippen LogP contribution in [0, 0.1) is 23.7 Å². The van der Waals surface area contributed by atoms with Crippen LogP contribution in [0.1, 0.15) is 122 Å². The van der Waals surface area contributed by atoms with Crippen LogP contribution in [0.25, 0.3) is 0 Å². The van der Waals surface area contributed by atoms with Crippen molar-refractivity contribution >= 4 is 23.8 Å². The molecule has 10 nitrogen and oxygen atoms in total. The zero-order chi connectivity index (χ0) is 30.9. The Morgan fingerprint density at radius 1 is 0.750 bits per heavy atom. The molecule has 0 aromatic rings. The molecule has 248 valence electrons. The number of ether oxygens (including phenoxy) is 2. The standard InChI is InChI=1S/C34H56N4O6/c1-43-34(42)38-30-20-25-10-6-12-27(18-25)44-26-11-5-9-24(17-26)19-29(31(39)35-21-23-13-14-23)37-32(40)28(36-33(30)41)16-15-22-7-3-2-4-8-22/h22-30H,2-21H2,1H3,(H,35,39)(H,36,41)(H,37,40)(H,38,42)/t24?,25?,26?,27?,28-,29-,30-/m0/s1. The fraction of sp³-hybridized carbons (Fsp3) is 0.882. The number of carbonyl (C=O) groups is 4. The van der Waals surface area contributed by atoms with E-state index in [-0.39, 0.29) is 35.8 Å². The molecule has 4 N–H and O–H groups in total. The molecule has 1 aliphatic heterocycles. The van der Waals surface area contributed by atoms with Gasteiger partial charge in [-0.25, -0.2) is 4.79 Å². The van der Waals surface area contributed by atoms with Crippen LogP contribution in [0.3, 0.4) is 0 Å². The van der Waals surface area contributed by atoms with Crippen LogP contribution in [0.2, 0.25) is 0 Å². The van der Waals surface area contributed by atoms with E-state index in [1.807, 2.05) is 0 Å². The number of methoxy groups -OCH3 is 1. The highest BCUT2D eigenvalue weighted by Crippen LogP contribution is 2.36. The largest absolute Gasteiger partial charge is 0.453 e. The second-order valence-electron chi connectivity index (χ2n) is 14.5. The molecule has 5 aliphatic rings. The number of nitrogens with one attached hydrogen (secondary N) is 4. The number of fused-ring (bicyclic) bond motifs is 4. The van der Waals surface area contributed by atoms with Crippen LogP contribution < -0.4 is 21.3 Å². The highest BCUT2D eigenvalue weighted by molar-refractivity contribution is 5.93. The van der Waals surface area contributed by atoms with Crippen molar-refractivity contribution < 1.29 is 28.7 Å². The molecule has 4 aliphatic carbocycles. The van der Waals surface area contributed by atoms with Gasteiger partial charge in [0, 0.05) is 6.54 Å². The Hall–Kier alpha value is -2.36. The van der Waals surface area contributed by atoms with Crippen molar-refractivity contribution in [2.24, 2.45) is 23.7 Å². The highest BCUT2D eigenvalue weighted by Gasteiger charge is 2.36. The molecule has 1 saturated heterocycles. The minimum atomic E-state index is -0.819. The van der Waals surface area contributed by atoms with Crippen molar-refractivity contribution in [2.45, 2.75) is 152 Å². The van der Waals surface area contributed by atoms with E-state index in [0.717, 1.165) is 83.5 Å². The number of amides is 4. The van der Waals surface area contributed by atoms with Gasteiger partial charge in [-0.1, -0.05) is 57.8 Å². The first-order valence-electron chi connectivity index (χ1n) is 17.7. The summed E-state index contributed by atoms with van der Waals surface area (Å²) < 4.78 is 11.5. The summed E-state index contributed by atoms with van der Waals surface area (Å²) in [6.45, 7) is 0.646. The molecule has 5 fully saturated rings. The molecule has 4 unspecified atom stereocenters. The normalized spacial score (nSPS) is 34.2. The molecule has 44 heavy (non-hydrogen) atoms.